The van der Waals surface area contributed by atoms with Crippen LogP contribution in [0.3, 0.4) is 0 Å². The summed E-state index contributed by atoms with van der Waals surface area (Å²) in [5.41, 5.74) is 1.05. The number of amides is 1. The normalized spacial score (nSPS) is 11.9. The van der Waals surface area contributed by atoms with E-state index in [1.807, 2.05) is 18.2 Å². The Morgan fingerprint density at radius 3 is 2.17 bits per heavy atom. The van der Waals surface area contributed by atoms with E-state index >= 15 is 0 Å². The number of methoxy groups -OCH3 is 3. The number of para-hydroxylation sites is 1. The van der Waals surface area contributed by atoms with Crippen molar-refractivity contribution in [2.24, 2.45) is 0 Å². The molecule has 3 aromatic rings. The number of anilines is 1. The molecular formula is C25H27ClN2O6S. The molecular weight excluding hydrogens is 492 g/mol. The average Bonchev–Trinajstić information content (AvgIpc) is 2.87. The molecule has 0 aromatic heterocycles. The number of carbonyl (C=O) groups excluding carboxylic acids is 1. The minimum atomic E-state index is -4.16. The van der Waals surface area contributed by atoms with Crippen LogP contribution in [0.2, 0.25) is 5.02 Å². The van der Waals surface area contributed by atoms with Crippen LogP contribution < -0.4 is 23.8 Å². The quantitative estimate of drug-likeness (QED) is 0.426. The van der Waals surface area contributed by atoms with E-state index in [0.29, 0.717) is 16.5 Å². The molecule has 0 fully saturated rings. The van der Waals surface area contributed by atoms with Crippen LogP contribution >= 0.6 is 11.6 Å². The van der Waals surface area contributed by atoms with Crippen molar-refractivity contribution in [1.29, 1.82) is 0 Å². The Morgan fingerprint density at radius 2 is 1.54 bits per heavy atom. The summed E-state index contributed by atoms with van der Waals surface area (Å²) in [5, 5.41) is 3.29. The maximum absolute atomic E-state index is 13.7. The molecule has 186 valence electrons. The van der Waals surface area contributed by atoms with E-state index in [9.17, 15) is 13.2 Å². The Bertz CT molecular complexity index is 1280. The summed E-state index contributed by atoms with van der Waals surface area (Å²) in [6, 6.07) is 17.3. The van der Waals surface area contributed by atoms with Gasteiger partial charge in [-0.1, -0.05) is 29.8 Å². The highest BCUT2D eigenvalue weighted by atomic mass is 35.5. The molecule has 8 nitrogen and oxygen atoms in total. The number of hydrogen-bond acceptors (Lipinski definition) is 6. The molecule has 0 saturated carbocycles. The van der Waals surface area contributed by atoms with E-state index < -0.39 is 28.5 Å². The van der Waals surface area contributed by atoms with Gasteiger partial charge in [0.05, 0.1) is 38.0 Å². The molecule has 0 saturated heterocycles. The molecule has 1 amide bonds. The molecule has 0 radical (unpaired) electrons. The molecule has 0 aliphatic rings. The van der Waals surface area contributed by atoms with E-state index in [-0.39, 0.29) is 16.3 Å². The molecule has 1 atom stereocenters. The number of hydrogen-bond donors (Lipinski definition) is 1. The summed E-state index contributed by atoms with van der Waals surface area (Å²) in [6.07, 6.45) is 0. The van der Waals surface area contributed by atoms with Gasteiger partial charge in [-0.15, -0.1) is 0 Å². The first-order valence-corrected chi connectivity index (χ1v) is 12.5. The first-order chi connectivity index (χ1) is 16.7. The van der Waals surface area contributed by atoms with Crippen molar-refractivity contribution in [1.82, 2.24) is 5.32 Å². The zero-order valence-corrected chi connectivity index (χ0v) is 21.4. The summed E-state index contributed by atoms with van der Waals surface area (Å²) in [7, 11) is 0.255. The molecule has 3 aromatic carbocycles. The summed E-state index contributed by atoms with van der Waals surface area (Å²) < 4.78 is 44.2. The summed E-state index contributed by atoms with van der Waals surface area (Å²) in [5.74, 6) is 0.752. The number of rotatable bonds is 10. The van der Waals surface area contributed by atoms with Crippen LogP contribution in [-0.4, -0.2) is 42.2 Å². The fourth-order valence-electron chi connectivity index (χ4n) is 3.55. The zero-order chi connectivity index (χ0) is 25.6. The third kappa shape index (κ3) is 5.98. The Kier molecular flexibility index (Phi) is 8.48. The molecule has 0 aliphatic carbocycles. The van der Waals surface area contributed by atoms with Crippen molar-refractivity contribution in [2.75, 3.05) is 32.2 Å². The van der Waals surface area contributed by atoms with Gasteiger partial charge in [0.2, 0.25) is 5.91 Å². The fraction of sp³-hybridized carbons (Fsp3) is 0.240. The minimum Gasteiger partial charge on any atom is -0.496 e. The molecule has 3 rings (SSSR count). The van der Waals surface area contributed by atoms with Gasteiger partial charge in [-0.3, -0.25) is 9.10 Å². The van der Waals surface area contributed by atoms with Gasteiger partial charge in [0.25, 0.3) is 10.0 Å². The second-order valence-electron chi connectivity index (χ2n) is 7.54. The molecule has 0 aliphatic heterocycles. The average molecular weight is 519 g/mol. The highest BCUT2D eigenvalue weighted by Crippen LogP contribution is 2.32. The van der Waals surface area contributed by atoms with Gasteiger partial charge in [0.1, 0.15) is 12.3 Å². The van der Waals surface area contributed by atoms with Crippen molar-refractivity contribution in [3.05, 3.63) is 77.3 Å². The van der Waals surface area contributed by atoms with Crippen LogP contribution in [0.4, 0.5) is 5.69 Å². The smallest absolute Gasteiger partial charge is 0.264 e. The zero-order valence-electron chi connectivity index (χ0n) is 19.8. The van der Waals surface area contributed by atoms with E-state index in [4.69, 9.17) is 25.8 Å². The number of carbonyl (C=O) groups is 1. The van der Waals surface area contributed by atoms with Crippen molar-refractivity contribution >= 4 is 33.2 Å². The maximum atomic E-state index is 13.7. The van der Waals surface area contributed by atoms with Gasteiger partial charge in [0.15, 0.2) is 11.5 Å². The van der Waals surface area contributed by atoms with Gasteiger partial charge < -0.3 is 19.5 Å². The van der Waals surface area contributed by atoms with Crippen molar-refractivity contribution in [3.8, 4) is 17.2 Å². The molecule has 1 unspecified atom stereocenters. The Labute approximate surface area is 210 Å². The topological polar surface area (TPSA) is 94.2 Å². The number of sulfonamides is 1. The van der Waals surface area contributed by atoms with Crippen molar-refractivity contribution < 1.29 is 27.4 Å². The summed E-state index contributed by atoms with van der Waals surface area (Å²) in [6.45, 7) is 1.34. The van der Waals surface area contributed by atoms with Crippen LogP contribution in [0.25, 0.3) is 0 Å². The van der Waals surface area contributed by atoms with E-state index in [2.05, 4.69) is 5.32 Å². The standard InChI is InChI=1S/C25H27ClN2O6S/c1-17(21-7-5-6-8-22(21)32-2)27-25(29)16-28(19-11-9-18(26)10-12-19)35(30,31)20-13-14-23(33-3)24(15-20)34-4/h5-15,17H,16H2,1-4H3,(H,27,29). The predicted octanol–water partition coefficient (Wildman–Crippen LogP) is 4.44. The molecule has 10 heteroatoms. The number of nitrogens with zero attached hydrogens (tertiary/aromatic N) is 1. The van der Waals surface area contributed by atoms with E-state index in [1.54, 1.807) is 32.2 Å². The third-order valence-electron chi connectivity index (χ3n) is 5.33. The Hall–Kier alpha value is -3.43. The molecule has 1 N–H and O–H groups in total. The monoisotopic (exact) mass is 518 g/mol. The van der Waals surface area contributed by atoms with Crippen LogP contribution in [0.1, 0.15) is 18.5 Å². The van der Waals surface area contributed by atoms with E-state index in [0.717, 1.165) is 9.87 Å². The van der Waals surface area contributed by atoms with Crippen LogP contribution in [0, 0.1) is 0 Å². The number of ether oxygens (including phenoxy) is 3. The largest absolute Gasteiger partial charge is 0.496 e. The van der Waals surface area contributed by atoms with Crippen LogP contribution in [0.5, 0.6) is 17.2 Å². The van der Waals surface area contributed by atoms with Crippen LogP contribution in [-0.2, 0) is 14.8 Å². The maximum Gasteiger partial charge on any atom is 0.264 e. The molecule has 0 bridgehead atoms. The first-order valence-electron chi connectivity index (χ1n) is 10.6. The lowest BCUT2D eigenvalue weighted by Gasteiger charge is -2.26. The SMILES string of the molecule is COc1ccc(S(=O)(=O)N(CC(=O)NC(C)c2ccccc2OC)c2ccc(Cl)cc2)cc1OC. The van der Waals surface area contributed by atoms with Gasteiger partial charge in [-0.25, -0.2) is 8.42 Å². The molecule has 0 spiro atoms. The lowest BCUT2D eigenvalue weighted by molar-refractivity contribution is -0.120. The fourth-order valence-corrected chi connectivity index (χ4v) is 5.11. The van der Waals surface area contributed by atoms with Crippen molar-refractivity contribution in [2.45, 2.75) is 17.9 Å². The summed E-state index contributed by atoms with van der Waals surface area (Å²) >= 11 is 6.00. The molecule has 35 heavy (non-hydrogen) atoms. The van der Waals surface area contributed by atoms with E-state index in [1.165, 1.54) is 44.6 Å². The second kappa shape index (κ2) is 11.3. The number of nitrogens with one attached hydrogen (secondary N) is 1. The molecule has 0 heterocycles. The Balaban J connectivity index is 1.94. The number of halogens is 1. The second-order valence-corrected chi connectivity index (χ2v) is 9.83. The van der Waals surface area contributed by atoms with Gasteiger partial charge >= 0.3 is 0 Å². The van der Waals surface area contributed by atoms with Crippen LogP contribution in [0.15, 0.2) is 71.6 Å². The lowest BCUT2D eigenvalue weighted by atomic mass is 10.1. The Morgan fingerprint density at radius 1 is 0.914 bits per heavy atom. The van der Waals surface area contributed by atoms with Gasteiger partial charge in [0, 0.05) is 16.7 Å². The minimum absolute atomic E-state index is 0.0596. The highest BCUT2D eigenvalue weighted by Gasteiger charge is 2.29. The van der Waals surface area contributed by atoms with Gasteiger partial charge in [-0.05, 0) is 49.4 Å². The summed E-state index contributed by atoms with van der Waals surface area (Å²) in [4.78, 5) is 13.0. The highest BCUT2D eigenvalue weighted by molar-refractivity contribution is 7.92. The predicted molar refractivity (Wildman–Crippen MR) is 135 cm³/mol. The lowest BCUT2D eigenvalue weighted by Crippen LogP contribution is -2.41. The van der Waals surface area contributed by atoms with Gasteiger partial charge in [-0.2, -0.15) is 0 Å². The number of benzene rings is 3. The first kappa shape index (κ1) is 26.2. The van der Waals surface area contributed by atoms with Crippen molar-refractivity contribution in [3.63, 3.8) is 0 Å². The third-order valence-corrected chi connectivity index (χ3v) is 7.35.